The van der Waals surface area contributed by atoms with Gasteiger partial charge in [0.15, 0.2) is 0 Å². The fourth-order valence-electron chi connectivity index (χ4n) is 4.91. The molecule has 194 valence electrons. The summed E-state index contributed by atoms with van der Waals surface area (Å²) < 4.78 is 0. The second-order valence-corrected chi connectivity index (χ2v) is 9.99. The second kappa shape index (κ2) is 12.4. The van der Waals surface area contributed by atoms with E-state index in [1.165, 1.54) is 33.4 Å². The van der Waals surface area contributed by atoms with Crippen LogP contribution < -0.4 is 10.6 Å². The molecule has 0 fully saturated rings. The van der Waals surface area contributed by atoms with Crippen LogP contribution in [0.1, 0.15) is 44.5 Å². The number of hydrogen-bond acceptors (Lipinski definition) is 2. The molecule has 0 saturated heterocycles. The van der Waals surface area contributed by atoms with Crippen LogP contribution in [0.4, 0.5) is 11.4 Å². The zero-order valence-electron chi connectivity index (χ0n) is 23.4. The van der Waals surface area contributed by atoms with Gasteiger partial charge < -0.3 is 10.6 Å². The predicted octanol–water partition coefficient (Wildman–Crippen LogP) is 7.95. The minimum atomic E-state index is 0.561. The van der Waals surface area contributed by atoms with Gasteiger partial charge in [-0.2, -0.15) is 0 Å². The van der Waals surface area contributed by atoms with E-state index >= 15 is 0 Å². The summed E-state index contributed by atoms with van der Waals surface area (Å²) in [4.78, 5) is 9.97. The van der Waals surface area contributed by atoms with Crippen molar-refractivity contribution in [2.75, 3.05) is 23.7 Å². The van der Waals surface area contributed by atoms with Gasteiger partial charge in [-0.1, -0.05) is 96.1 Å². The summed E-state index contributed by atoms with van der Waals surface area (Å²) in [6, 6.07) is 29.4. The summed E-state index contributed by atoms with van der Waals surface area (Å²) in [5.74, 6) is 1.71. The molecule has 4 aromatic rings. The molecule has 0 heterocycles. The molecule has 4 aromatic carbocycles. The van der Waals surface area contributed by atoms with Gasteiger partial charge in [0, 0.05) is 22.5 Å². The van der Waals surface area contributed by atoms with Gasteiger partial charge in [0.25, 0.3) is 0 Å². The average Bonchev–Trinajstić information content (AvgIpc) is 2.89. The number of aliphatic imine (C=N–C) groups is 2. The monoisotopic (exact) mass is 502 g/mol. The smallest absolute Gasteiger partial charge is 0.132 e. The molecule has 0 unspecified atom stereocenters. The normalized spacial score (nSPS) is 11.9. The Bertz CT molecular complexity index is 1290. The molecule has 0 aliphatic carbocycles. The van der Waals surface area contributed by atoms with Crippen molar-refractivity contribution in [2.24, 2.45) is 9.98 Å². The Morgan fingerprint density at radius 2 is 0.816 bits per heavy atom. The van der Waals surface area contributed by atoms with Gasteiger partial charge in [-0.25, -0.2) is 0 Å². The zero-order chi connectivity index (χ0) is 27.1. The predicted molar refractivity (Wildman–Crippen MR) is 164 cm³/mol. The maximum Gasteiger partial charge on any atom is 0.132 e. The molecule has 2 N–H and O–H groups in total. The van der Waals surface area contributed by atoms with Gasteiger partial charge in [-0.05, 0) is 63.8 Å². The molecule has 0 saturated carbocycles. The quantitative estimate of drug-likeness (QED) is 0.153. The molecule has 4 nitrogen and oxygen atoms in total. The Labute approximate surface area is 227 Å². The van der Waals surface area contributed by atoms with Crippen LogP contribution in [0.3, 0.4) is 0 Å². The summed E-state index contributed by atoms with van der Waals surface area (Å²) in [6.07, 6.45) is 0. The number of aryl methyl sites for hydroxylation is 6. The van der Waals surface area contributed by atoms with Crippen molar-refractivity contribution in [1.82, 2.24) is 0 Å². The van der Waals surface area contributed by atoms with Gasteiger partial charge in [0.1, 0.15) is 11.7 Å². The summed E-state index contributed by atoms with van der Waals surface area (Å²) in [7, 11) is 0. The summed E-state index contributed by atoms with van der Waals surface area (Å²) in [6.45, 7) is 13.9. The van der Waals surface area contributed by atoms with E-state index in [1.54, 1.807) is 0 Å². The third-order valence-corrected chi connectivity index (χ3v) is 6.58. The first kappa shape index (κ1) is 26.9. The molecule has 0 spiro atoms. The van der Waals surface area contributed by atoms with Gasteiger partial charge in [0.05, 0.1) is 13.1 Å². The molecular weight excluding hydrogens is 464 g/mol. The Kier molecular flexibility index (Phi) is 8.75. The van der Waals surface area contributed by atoms with Gasteiger partial charge in [0.2, 0.25) is 0 Å². The summed E-state index contributed by atoms with van der Waals surface area (Å²) in [5, 5.41) is 7.25. The minimum Gasteiger partial charge on any atom is -0.340 e. The highest BCUT2D eigenvalue weighted by molar-refractivity contribution is 6.09. The number of anilines is 2. The number of nitrogens with one attached hydrogen (secondary N) is 2. The lowest BCUT2D eigenvalue weighted by molar-refractivity contribution is 0.973. The van der Waals surface area contributed by atoms with E-state index in [1.807, 2.05) is 36.4 Å². The van der Waals surface area contributed by atoms with Crippen molar-refractivity contribution in [3.63, 3.8) is 0 Å². The van der Waals surface area contributed by atoms with Crippen molar-refractivity contribution in [1.29, 1.82) is 0 Å². The van der Waals surface area contributed by atoms with Crippen LogP contribution in [0.25, 0.3) is 0 Å². The van der Waals surface area contributed by atoms with Crippen molar-refractivity contribution >= 4 is 23.0 Å². The summed E-state index contributed by atoms with van der Waals surface area (Å²) in [5.41, 5.74) is 11.7. The fraction of sp³-hybridized carbons (Fsp3) is 0.235. The second-order valence-electron chi connectivity index (χ2n) is 9.99. The molecule has 38 heavy (non-hydrogen) atoms. The van der Waals surface area contributed by atoms with E-state index in [4.69, 9.17) is 9.98 Å². The topological polar surface area (TPSA) is 48.8 Å². The SMILES string of the molecule is Cc1cc(C)c(NC(=NCCN=C(Nc2c(C)cc(C)cc2C)c2ccccc2)c2ccccc2)c(C)c1. The van der Waals surface area contributed by atoms with Crippen LogP contribution in [0, 0.1) is 41.5 Å². The molecule has 0 aromatic heterocycles. The number of rotatable bonds is 7. The number of nitrogens with zero attached hydrogens (tertiary/aromatic N) is 2. The highest BCUT2D eigenvalue weighted by Crippen LogP contribution is 2.24. The molecular formula is C34H38N4. The van der Waals surface area contributed by atoms with Crippen LogP contribution in [0.5, 0.6) is 0 Å². The van der Waals surface area contributed by atoms with Crippen LogP contribution in [-0.2, 0) is 0 Å². The van der Waals surface area contributed by atoms with Crippen molar-refractivity contribution in [3.05, 3.63) is 129 Å². The van der Waals surface area contributed by atoms with E-state index in [0.717, 1.165) is 34.2 Å². The maximum absolute atomic E-state index is 4.98. The van der Waals surface area contributed by atoms with Gasteiger partial charge in [-0.3, -0.25) is 9.98 Å². The Balaban J connectivity index is 1.61. The van der Waals surface area contributed by atoms with Crippen molar-refractivity contribution < 1.29 is 0 Å². The molecule has 0 aliphatic rings. The Morgan fingerprint density at radius 3 is 1.13 bits per heavy atom. The first-order valence-corrected chi connectivity index (χ1v) is 13.2. The van der Waals surface area contributed by atoms with Crippen LogP contribution >= 0.6 is 0 Å². The average molecular weight is 503 g/mol. The molecule has 0 atom stereocenters. The Hall–Kier alpha value is -4.18. The minimum absolute atomic E-state index is 0.561. The van der Waals surface area contributed by atoms with E-state index in [0.29, 0.717) is 13.1 Å². The third-order valence-electron chi connectivity index (χ3n) is 6.58. The van der Waals surface area contributed by atoms with E-state index < -0.39 is 0 Å². The van der Waals surface area contributed by atoms with Crippen LogP contribution in [-0.4, -0.2) is 24.8 Å². The number of benzene rings is 4. The molecule has 0 bridgehead atoms. The number of amidine groups is 2. The third kappa shape index (κ3) is 6.77. The van der Waals surface area contributed by atoms with Crippen molar-refractivity contribution in [2.45, 2.75) is 41.5 Å². The first-order chi connectivity index (χ1) is 18.3. The molecule has 0 radical (unpaired) electrons. The van der Waals surface area contributed by atoms with Gasteiger partial charge >= 0.3 is 0 Å². The lowest BCUT2D eigenvalue weighted by Gasteiger charge is -2.17. The first-order valence-electron chi connectivity index (χ1n) is 13.2. The largest absolute Gasteiger partial charge is 0.340 e. The van der Waals surface area contributed by atoms with Gasteiger partial charge in [-0.15, -0.1) is 0 Å². The fourth-order valence-corrected chi connectivity index (χ4v) is 4.91. The Morgan fingerprint density at radius 1 is 0.500 bits per heavy atom. The molecule has 4 rings (SSSR count). The molecule has 4 heteroatoms. The standard InChI is InChI=1S/C34H38N4/c1-23-19-25(3)31(26(4)20-23)37-33(29-13-9-7-10-14-29)35-17-18-36-34(30-15-11-8-12-16-30)38-32-27(5)21-24(2)22-28(32)6/h7-16,19-22H,17-18H2,1-6H3,(H,35,37)(H,36,38). The molecule has 0 aliphatic heterocycles. The maximum atomic E-state index is 4.98. The summed E-state index contributed by atoms with van der Waals surface area (Å²) >= 11 is 0. The highest BCUT2D eigenvalue weighted by atomic mass is 15.0. The molecule has 0 amide bonds. The van der Waals surface area contributed by atoms with Crippen LogP contribution in [0.2, 0.25) is 0 Å². The highest BCUT2D eigenvalue weighted by Gasteiger charge is 2.11. The van der Waals surface area contributed by atoms with E-state index in [2.05, 4.69) is 101 Å². The lowest BCUT2D eigenvalue weighted by Crippen LogP contribution is -2.18. The lowest BCUT2D eigenvalue weighted by atomic mass is 10.0. The van der Waals surface area contributed by atoms with Crippen LogP contribution in [0.15, 0.2) is 94.9 Å². The number of hydrogen-bond donors (Lipinski definition) is 2. The van der Waals surface area contributed by atoms with E-state index in [-0.39, 0.29) is 0 Å². The van der Waals surface area contributed by atoms with E-state index in [9.17, 15) is 0 Å². The van der Waals surface area contributed by atoms with Crippen molar-refractivity contribution in [3.8, 4) is 0 Å². The zero-order valence-corrected chi connectivity index (χ0v) is 23.4.